The van der Waals surface area contributed by atoms with Crippen molar-refractivity contribution in [2.24, 2.45) is 5.92 Å². The lowest BCUT2D eigenvalue weighted by Crippen LogP contribution is -2.59. The second-order valence-electron chi connectivity index (χ2n) is 13.6. The number of para-hydroxylation sites is 1. The van der Waals surface area contributed by atoms with Crippen molar-refractivity contribution in [2.75, 3.05) is 24.7 Å². The summed E-state index contributed by atoms with van der Waals surface area (Å²) in [5.74, 6) is -0.662. The molecule has 1 heterocycles. The Morgan fingerprint density at radius 2 is 1.55 bits per heavy atom. The molecule has 4 rings (SSSR count). The van der Waals surface area contributed by atoms with Crippen LogP contribution in [0.4, 0.5) is 10.5 Å². The normalized spacial score (nSPS) is 15.4. The molecule has 0 aromatic heterocycles. The van der Waals surface area contributed by atoms with Crippen LogP contribution in [0.5, 0.6) is 0 Å². The standard InChI is InChI=1S/C40H53N4O6P/c1-31(2)28-40(38(47)42-34-21-10-5-11-22-34,44(30-51-49)36(45)24-14-20-32-16-6-3-7-17-32)25-12-13-26-41-37(46)35-23-15-27-43(35)39(48)50-29-33-18-8-4-9-19-33/h3-11,16-19,21-22,31,35H,12-15,20,23-30,51H2,1-2H3,(H,41,46)(H,42,47)/t35-,40-/m0/s1. The van der Waals surface area contributed by atoms with Crippen LogP contribution in [0.1, 0.15) is 76.3 Å². The van der Waals surface area contributed by atoms with Crippen molar-refractivity contribution >= 4 is 38.0 Å². The van der Waals surface area contributed by atoms with Gasteiger partial charge < -0.3 is 24.8 Å². The van der Waals surface area contributed by atoms with Gasteiger partial charge in [-0.15, -0.1) is 0 Å². The smallest absolute Gasteiger partial charge is 0.410 e. The molecule has 0 spiro atoms. The summed E-state index contributed by atoms with van der Waals surface area (Å²) in [5.41, 5.74) is 1.40. The number of carbonyl (C=O) groups excluding carboxylic acids is 4. The number of benzene rings is 3. The van der Waals surface area contributed by atoms with Crippen LogP contribution in [-0.4, -0.2) is 64.6 Å². The summed E-state index contributed by atoms with van der Waals surface area (Å²) < 4.78 is 17.8. The van der Waals surface area contributed by atoms with Crippen LogP contribution in [0.2, 0.25) is 0 Å². The minimum absolute atomic E-state index is 0.00766. The Labute approximate surface area is 303 Å². The highest BCUT2D eigenvalue weighted by atomic mass is 31.1. The van der Waals surface area contributed by atoms with E-state index in [0.717, 1.165) is 17.5 Å². The number of aryl methyl sites for hydroxylation is 1. The minimum Gasteiger partial charge on any atom is -0.445 e. The van der Waals surface area contributed by atoms with Crippen molar-refractivity contribution in [2.45, 2.75) is 89.8 Å². The number of amides is 4. The van der Waals surface area contributed by atoms with Crippen LogP contribution in [0.15, 0.2) is 91.0 Å². The topological polar surface area (TPSA) is 125 Å². The fraction of sp³-hybridized carbons (Fsp3) is 0.450. The van der Waals surface area contributed by atoms with E-state index in [9.17, 15) is 23.7 Å². The van der Waals surface area contributed by atoms with Crippen LogP contribution in [0.3, 0.4) is 0 Å². The van der Waals surface area contributed by atoms with Crippen molar-refractivity contribution in [3.8, 4) is 0 Å². The Morgan fingerprint density at radius 3 is 2.20 bits per heavy atom. The van der Waals surface area contributed by atoms with E-state index < -0.39 is 26.1 Å². The zero-order valence-electron chi connectivity index (χ0n) is 29.9. The van der Waals surface area contributed by atoms with E-state index in [1.165, 1.54) is 4.90 Å². The van der Waals surface area contributed by atoms with E-state index in [4.69, 9.17) is 4.74 Å². The summed E-state index contributed by atoms with van der Waals surface area (Å²) >= 11 is 0. The summed E-state index contributed by atoms with van der Waals surface area (Å²) in [6.07, 6.45) is 4.15. The van der Waals surface area contributed by atoms with Gasteiger partial charge in [0.2, 0.25) is 17.7 Å². The number of nitrogens with one attached hydrogen (secondary N) is 2. The fourth-order valence-electron chi connectivity index (χ4n) is 6.87. The Hall–Kier alpha value is -4.43. The molecule has 11 heteroatoms. The molecule has 3 aromatic carbocycles. The third-order valence-electron chi connectivity index (χ3n) is 9.29. The maximum absolute atomic E-state index is 14.4. The molecular weight excluding hydrogens is 663 g/mol. The highest BCUT2D eigenvalue weighted by Gasteiger charge is 2.46. The molecule has 2 N–H and O–H groups in total. The third-order valence-corrected chi connectivity index (χ3v) is 9.80. The number of unbranched alkanes of at least 4 members (excludes halogenated alkanes) is 1. The van der Waals surface area contributed by atoms with Crippen molar-refractivity contribution < 1.29 is 28.5 Å². The molecule has 0 bridgehead atoms. The largest absolute Gasteiger partial charge is 0.445 e. The molecule has 1 saturated heterocycles. The summed E-state index contributed by atoms with van der Waals surface area (Å²) in [6, 6.07) is 27.9. The zero-order valence-corrected chi connectivity index (χ0v) is 31.1. The molecule has 1 fully saturated rings. The first-order chi connectivity index (χ1) is 24.7. The lowest BCUT2D eigenvalue weighted by Gasteiger charge is -2.43. The molecular formula is C40H53N4O6P. The second-order valence-corrected chi connectivity index (χ2v) is 14.3. The number of likely N-dealkylation sites (tertiary alicyclic amines) is 1. The number of ether oxygens (including phenoxy) is 1. The van der Waals surface area contributed by atoms with Gasteiger partial charge in [0, 0.05) is 25.2 Å². The molecule has 3 atom stereocenters. The molecule has 10 nitrogen and oxygen atoms in total. The average molecular weight is 717 g/mol. The van der Waals surface area contributed by atoms with Crippen molar-refractivity contribution in [1.82, 2.24) is 15.1 Å². The van der Waals surface area contributed by atoms with Gasteiger partial charge in [0.1, 0.15) is 18.2 Å². The molecule has 1 aliphatic heterocycles. The van der Waals surface area contributed by atoms with Crippen LogP contribution in [-0.2, 0) is 36.7 Å². The van der Waals surface area contributed by atoms with Crippen LogP contribution in [0.25, 0.3) is 0 Å². The van der Waals surface area contributed by atoms with Crippen LogP contribution >= 0.6 is 8.46 Å². The third kappa shape index (κ3) is 11.8. The van der Waals surface area contributed by atoms with Gasteiger partial charge in [0.15, 0.2) is 0 Å². The van der Waals surface area contributed by atoms with E-state index in [0.29, 0.717) is 63.7 Å². The number of hydrogen-bond acceptors (Lipinski definition) is 6. The van der Waals surface area contributed by atoms with Gasteiger partial charge in [-0.3, -0.25) is 19.3 Å². The van der Waals surface area contributed by atoms with Gasteiger partial charge in [0.25, 0.3) is 0 Å². The summed E-state index contributed by atoms with van der Waals surface area (Å²) in [5, 5.41) is 6.04. The predicted octanol–water partition coefficient (Wildman–Crippen LogP) is 7.06. The van der Waals surface area contributed by atoms with Gasteiger partial charge in [-0.05, 0) is 80.5 Å². The highest BCUT2D eigenvalue weighted by molar-refractivity contribution is 7.23. The Balaban J connectivity index is 1.42. The molecule has 274 valence electrons. The summed E-state index contributed by atoms with van der Waals surface area (Å²) in [6.45, 7) is 4.98. The number of rotatable bonds is 19. The minimum atomic E-state index is -1.33. The highest BCUT2D eigenvalue weighted by Crippen LogP contribution is 2.34. The van der Waals surface area contributed by atoms with Crippen molar-refractivity contribution in [3.05, 3.63) is 102 Å². The SMILES string of the molecule is CC(C)C[C@@](CCCCNC(=O)[C@@H]1CCCN1C(=O)OCc1ccccc1)(C(=O)Nc1ccccc1)N(C[PH2]=O)C(=O)CCCc1ccccc1. The quantitative estimate of drug-likeness (QED) is 0.101. The molecule has 0 saturated carbocycles. The zero-order chi connectivity index (χ0) is 36.5. The maximum Gasteiger partial charge on any atom is 0.410 e. The molecule has 3 aromatic rings. The molecule has 1 unspecified atom stereocenters. The number of nitrogens with zero attached hydrogens (tertiary/aromatic N) is 2. The van der Waals surface area contributed by atoms with Gasteiger partial charge in [-0.1, -0.05) is 92.7 Å². The summed E-state index contributed by atoms with van der Waals surface area (Å²) in [7, 11) is -1.33. The molecule has 0 radical (unpaired) electrons. The first-order valence-electron chi connectivity index (χ1n) is 18.1. The Morgan fingerprint density at radius 1 is 0.902 bits per heavy atom. The molecule has 1 aliphatic rings. The van der Waals surface area contributed by atoms with E-state index in [2.05, 4.69) is 10.6 Å². The fourth-order valence-corrected chi connectivity index (χ4v) is 7.57. The molecule has 4 amide bonds. The van der Waals surface area contributed by atoms with Crippen LogP contribution in [0, 0.1) is 5.92 Å². The van der Waals surface area contributed by atoms with Gasteiger partial charge in [-0.2, -0.15) is 0 Å². The lowest BCUT2D eigenvalue weighted by molar-refractivity contribution is -0.146. The van der Waals surface area contributed by atoms with E-state index in [1.54, 1.807) is 4.90 Å². The monoisotopic (exact) mass is 716 g/mol. The van der Waals surface area contributed by atoms with Crippen LogP contribution < -0.4 is 10.6 Å². The number of anilines is 1. The first kappa shape index (κ1) is 39.4. The first-order valence-corrected chi connectivity index (χ1v) is 19.4. The molecule has 0 aliphatic carbocycles. The second kappa shape index (κ2) is 20.4. The number of carbonyl (C=O) groups is 4. The lowest BCUT2D eigenvalue weighted by atomic mass is 9.81. The van der Waals surface area contributed by atoms with Gasteiger partial charge in [0.05, 0.1) is 14.7 Å². The van der Waals surface area contributed by atoms with Crippen molar-refractivity contribution in [3.63, 3.8) is 0 Å². The number of hydrogen-bond donors (Lipinski definition) is 2. The van der Waals surface area contributed by atoms with E-state index in [-0.39, 0.29) is 43.0 Å². The van der Waals surface area contributed by atoms with E-state index >= 15 is 0 Å². The van der Waals surface area contributed by atoms with E-state index in [1.807, 2.05) is 105 Å². The average Bonchev–Trinajstić information content (AvgIpc) is 3.64. The van der Waals surface area contributed by atoms with Crippen molar-refractivity contribution in [1.29, 1.82) is 0 Å². The Kier molecular flexibility index (Phi) is 15.8. The maximum atomic E-state index is 14.4. The Bertz CT molecular complexity index is 1560. The van der Waals surface area contributed by atoms with Gasteiger partial charge >= 0.3 is 6.09 Å². The predicted molar refractivity (Wildman–Crippen MR) is 202 cm³/mol. The van der Waals surface area contributed by atoms with Gasteiger partial charge in [-0.25, -0.2) is 4.79 Å². The molecule has 51 heavy (non-hydrogen) atoms. The summed E-state index contributed by atoms with van der Waals surface area (Å²) in [4.78, 5) is 57.5.